The Morgan fingerprint density at radius 1 is 1.10 bits per heavy atom. The van der Waals surface area contributed by atoms with E-state index in [1.165, 1.54) is 6.42 Å². The van der Waals surface area contributed by atoms with Crippen LogP contribution in [0.4, 0.5) is 0 Å². The summed E-state index contributed by atoms with van der Waals surface area (Å²) in [5, 5.41) is 0. The fraction of sp³-hybridized carbons (Fsp3) is 0.625. The highest BCUT2D eigenvalue weighted by Crippen LogP contribution is 2.25. The van der Waals surface area contributed by atoms with Gasteiger partial charge >= 0.3 is 0 Å². The quantitative estimate of drug-likeness (QED) is 0.719. The van der Waals surface area contributed by atoms with Crippen LogP contribution in [0.15, 0.2) is 30.3 Å². The van der Waals surface area contributed by atoms with Gasteiger partial charge in [-0.15, -0.1) is 11.6 Å². The Kier molecular flexibility index (Phi) is 6.52. The maximum absolute atomic E-state index is 12.7. The molecular weight excluding hydrogens is 306 g/mol. The first-order valence-corrected chi connectivity index (χ1v) is 9.87. The van der Waals surface area contributed by atoms with Gasteiger partial charge in [-0.1, -0.05) is 49.6 Å². The molecule has 0 heterocycles. The number of hydrogen-bond acceptors (Lipinski definition) is 2. The van der Waals surface area contributed by atoms with E-state index in [4.69, 9.17) is 11.6 Å². The first kappa shape index (κ1) is 16.8. The van der Waals surface area contributed by atoms with Gasteiger partial charge in [-0.05, 0) is 24.8 Å². The van der Waals surface area contributed by atoms with E-state index in [1.807, 2.05) is 30.3 Å². The van der Waals surface area contributed by atoms with Crippen LogP contribution in [0.3, 0.4) is 0 Å². The highest BCUT2D eigenvalue weighted by atomic mass is 35.5. The SMILES string of the molecule is O=S(=O)(CCc1ccccc1)N(CCCl)C1CCCCC1. The maximum atomic E-state index is 12.7. The Labute approximate surface area is 133 Å². The van der Waals surface area contributed by atoms with Gasteiger partial charge in [0.15, 0.2) is 0 Å². The Bertz CT molecular complexity index is 512. The first-order chi connectivity index (χ1) is 10.1. The average molecular weight is 330 g/mol. The van der Waals surface area contributed by atoms with Crippen LogP contribution in [-0.4, -0.2) is 36.9 Å². The lowest BCUT2D eigenvalue weighted by atomic mass is 9.95. The topological polar surface area (TPSA) is 37.4 Å². The average Bonchev–Trinajstić information content (AvgIpc) is 2.52. The van der Waals surface area contributed by atoms with Crippen LogP contribution < -0.4 is 0 Å². The number of rotatable bonds is 7. The number of hydrogen-bond donors (Lipinski definition) is 0. The number of benzene rings is 1. The zero-order valence-corrected chi connectivity index (χ0v) is 14.0. The molecule has 118 valence electrons. The molecule has 3 nitrogen and oxygen atoms in total. The van der Waals surface area contributed by atoms with E-state index in [2.05, 4.69) is 0 Å². The fourth-order valence-electron chi connectivity index (χ4n) is 3.01. The second kappa shape index (κ2) is 8.16. The van der Waals surface area contributed by atoms with Gasteiger partial charge in [0.1, 0.15) is 0 Å². The minimum Gasteiger partial charge on any atom is -0.212 e. The van der Waals surface area contributed by atoms with Crippen LogP contribution in [0.25, 0.3) is 0 Å². The summed E-state index contributed by atoms with van der Waals surface area (Å²) in [6.07, 6.45) is 5.97. The van der Waals surface area contributed by atoms with E-state index in [9.17, 15) is 8.42 Å². The molecular formula is C16H24ClNO2S. The Morgan fingerprint density at radius 3 is 2.38 bits per heavy atom. The Morgan fingerprint density at radius 2 is 1.76 bits per heavy atom. The van der Waals surface area contributed by atoms with Gasteiger partial charge in [-0.25, -0.2) is 8.42 Å². The molecule has 1 aliphatic carbocycles. The second-order valence-electron chi connectivity index (χ2n) is 5.64. The molecule has 2 rings (SSSR count). The van der Waals surface area contributed by atoms with E-state index in [-0.39, 0.29) is 11.8 Å². The van der Waals surface area contributed by atoms with Crippen molar-refractivity contribution >= 4 is 21.6 Å². The third kappa shape index (κ3) is 4.97. The summed E-state index contributed by atoms with van der Waals surface area (Å²) in [6.45, 7) is 0.434. The van der Waals surface area contributed by atoms with Gasteiger partial charge in [0.05, 0.1) is 5.75 Å². The Balaban J connectivity index is 2.02. The summed E-state index contributed by atoms with van der Waals surface area (Å²) in [6, 6.07) is 9.93. The van der Waals surface area contributed by atoms with E-state index in [0.717, 1.165) is 31.2 Å². The molecule has 0 aromatic heterocycles. The fourth-order valence-corrected chi connectivity index (χ4v) is 5.05. The highest BCUT2D eigenvalue weighted by molar-refractivity contribution is 7.89. The third-order valence-electron chi connectivity index (χ3n) is 4.14. The van der Waals surface area contributed by atoms with Crippen LogP contribution >= 0.6 is 11.6 Å². The van der Waals surface area contributed by atoms with Crippen molar-refractivity contribution in [2.75, 3.05) is 18.2 Å². The standard InChI is InChI=1S/C16H24ClNO2S/c17-12-13-18(16-9-5-2-6-10-16)21(19,20)14-11-15-7-3-1-4-8-15/h1,3-4,7-8,16H,2,5-6,9-14H2. The minimum atomic E-state index is -3.23. The van der Waals surface area contributed by atoms with Gasteiger partial charge in [0, 0.05) is 18.5 Å². The summed E-state index contributed by atoms with van der Waals surface area (Å²) in [7, 11) is -3.23. The molecule has 5 heteroatoms. The summed E-state index contributed by atoms with van der Waals surface area (Å²) < 4.78 is 27.0. The van der Waals surface area contributed by atoms with Crippen LogP contribution in [0.5, 0.6) is 0 Å². The molecule has 0 atom stereocenters. The van der Waals surface area contributed by atoms with Crippen molar-refractivity contribution in [3.05, 3.63) is 35.9 Å². The van der Waals surface area contributed by atoms with Crippen LogP contribution in [0.1, 0.15) is 37.7 Å². The second-order valence-corrected chi connectivity index (χ2v) is 8.06. The summed E-state index contributed by atoms with van der Waals surface area (Å²) in [4.78, 5) is 0. The van der Waals surface area contributed by atoms with Gasteiger partial charge in [-0.2, -0.15) is 4.31 Å². The third-order valence-corrected chi connectivity index (χ3v) is 6.22. The smallest absolute Gasteiger partial charge is 0.212 e. The molecule has 1 aliphatic rings. The summed E-state index contributed by atoms with van der Waals surface area (Å²) in [5.74, 6) is 0.533. The monoisotopic (exact) mass is 329 g/mol. The van der Waals surface area contributed by atoms with E-state index >= 15 is 0 Å². The number of alkyl halides is 1. The van der Waals surface area contributed by atoms with Crippen LogP contribution in [0, 0.1) is 0 Å². The van der Waals surface area contributed by atoms with Crippen molar-refractivity contribution in [2.24, 2.45) is 0 Å². The molecule has 21 heavy (non-hydrogen) atoms. The molecule has 0 aliphatic heterocycles. The van der Waals surface area contributed by atoms with Gasteiger partial charge in [0.25, 0.3) is 0 Å². The summed E-state index contributed by atoms with van der Waals surface area (Å²) >= 11 is 5.83. The van der Waals surface area contributed by atoms with Crippen molar-refractivity contribution in [3.63, 3.8) is 0 Å². The number of aryl methyl sites for hydroxylation is 1. The molecule has 1 aromatic rings. The van der Waals surface area contributed by atoms with Crippen molar-refractivity contribution in [1.29, 1.82) is 0 Å². The molecule has 0 N–H and O–H groups in total. The number of sulfonamides is 1. The van der Waals surface area contributed by atoms with Crippen molar-refractivity contribution in [2.45, 2.75) is 44.6 Å². The van der Waals surface area contributed by atoms with E-state index in [1.54, 1.807) is 4.31 Å². The van der Waals surface area contributed by atoms with Crippen LogP contribution in [0.2, 0.25) is 0 Å². The maximum Gasteiger partial charge on any atom is 0.214 e. The summed E-state index contributed by atoms with van der Waals surface area (Å²) in [5.41, 5.74) is 1.07. The lowest BCUT2D eigenvalue weighted by Crippen LogP contribution is -2.44. The molecule has 1 fully saturated rings. The zero-order chi connectivity index (χ0) is 15.1. The molecule has 0 radical (unpaired) electrons. The predicted molar refractivity (Wildman–Crippen MR) is 88.2 cm³/mol. The zero-order valence-electron chi connectivity index (χ0n) is 12.4. The molecule has 0 saturated heterocycles. The normalized spacial score (nSPS) is 17.2. The molecule has 0 bridgehead atoms. The van der Waals surface area contributed by atoms with Gasteiger partial charge in [-0.3, -0.25) is 0 Å². The largest absolute Gasteiger partial charge is 0.214 e. The Hall–Kier alpha value is -0.580. The van der Waals surface area contributed by atoms with Crippen molar-refractivity contribution in [1.82, 2.24) is 4.31 Å². The minimum absolute atomic E-state index is 0.151. The number of halogens is 1. The lowest BCUT2D eigenvalue weighted by Gasteiger charge is -2.33. The molecule has 0 unspecified atom stereocenters. The molecule has 0 amide bonds. The molecule has 1 aromatic carbocycles. The number of nitrogens with zero attached hydrogens (tertiary/aromatic N) is 1. The highest BCUT2D eigenvalue weighted by Gasteiger charge is 2.30. The molecule has 1 saturated carbocycles. The molecule has 0 spiro atoms. The van der Waals surface area contributed by atoms with E-state index < -0.39 is 10.0 Å². The van der Waals surface area contributed by atoms with Crippen molar-refractivity contribution in [3.8, 4) is 0 Å². The predicted octanol–water partition coefficient (Wildman–Crippen LogP) is 3.43. The van der Waals surface area contributed by atoms with Gasteiger partial charge in [0.2, 0.25) is 10.0 Å². The van der Waals surface area contributed by atoms with Gasteiger partial charge < -0.3 is 0 Å². The van der Waals surface area contributed by atoms with E-state index in [0.29, 0.717) is 18.8 Å². The van der Waals surface area contributed by atoms with Crippen LogP contribution in [-0.2, 0) is 16.4 Å². The first-order valence-electron chi connectivity index (χ1n) is 7.73. The van der Waals surface area contributed by atoms with Crippen molar-refractivity contribution < 1.29 is 8.42 Å². The lowest BCUT2D eigenvalue weighted by molar-refractivity contribution is 0.262.